The summed E-state index contributed by atoms with van der Waals surface area (Å²) in [6.45, 7) is 2.10. The second-order valence-electron chi connectivity index (χ2n) is 6.39. The minimum absolute atomic E-state index is 0. The lowest BCUT2D eigenvalue weighted by atomic mass is 9.78. The molecule has 1 aliphatic carbocycles. The van der Waals surface area contributed by atoms with Gasteiger partial charge in [-0.25, -0.2) is 4.39 Å². The molecule has 3 N–H and O–H groups in total. The largest absolute Gasteiger partial charge is 0.327 e. The van der Waals surface area contributed by atoms with Gasteiger partial charge in [0, 0.05) is 23.6 Å². The lowest BCUT2D eigenvalue weighted by molar-refractivity contribution is -0.117. The van der Waals surface area contributed by atoms with Gasteiger partial charge in [-0.15, -0.1) is 12.4 Å². The number of nitrogens with zero attached hydrogens (tertiary/aromatic N) is 1. The number of carbonyl (C=O) groups is 1. The second-order valence-corrected chi connectivity index (χ2v) is 7.30. The van der Waals surface area contributed by atoms with E-state index in [0.29, 0.717) is 22.9 Å². The first-order chi connectivity index (χ1) is 10.5. The number of anilines is 1. The van der Waals surface area contributed by atoms with Crippen molar-refractivity contribution < 1.29 is 9.18 Å². The number of hydrogen-bond acceptors (Lipinski definition) is 3. The number of nitrogens with one attached hydrogen (secondary N) is 1. The minimum Gasteiger partial charge on any atom is -0.327 e. The number of fused-ring (bicyclic) bond motifs is 1. The number of carbonyl (C=O) groups excluding carboxylic acids is 1. The van der Waals surface area contributed by atoms with Crippen molar-refractivity contribution in [3.63, 3.8) is 0 Å². The maximum atomic E-state index is 13.7. The molecule has 7 heteroatoms. The van der Waals surface area contributed by atoms with Crippen molar-refractivity contribution in [1.82, 2.24) is 4.90 Å². The lowest BCUT2D eigenvalue weighted by Crippen LogP contribution is -2.38. The standard InChI is InChI=1S/C16H21BrFN3O.ClH/c17-11-4-5-15(13(18)6-11)20-16(22)9-21-7-10-2-1-3-14(19)12(10)8-21;/h4-6,10,12,14H,1-3,7-9,19H2,(H,20,22);1H. The van der Waals surface area contributed by atoms with Crippen LogP contribution in [-0.2, 0) is 4.79 Å². The fourth-order valence-corrected chi connectivity index (χ4v) is 4.05. The van der Waals surface area contributed by atoms with Gasteiger partial charge in [0.05, 0.1) is 12.2 Å². The molecule has 1 saturated carbocycles. The molecule has 1 saturated heterocycles. The molecule has 3 unspecified atom stereocenters. The van der Waals surface area contributed by atoms with Crippen LogP contribution in [0.4, 0.5) is 10.1 Å². The average molecular weight is 407 g/mol. The van der Waals surface area contributed by atoms with Gasteiger partial charge in [0.15, 0.2) is 0 Å². The van der Waals surface area contributed by atoms with E-state index in [4.69, 9.17) is 5.73 Å². The Morgan fingerprint density at radius 2 is 2.17 bits per heavy atom. The molecule has 1 aromatic carbocycles. The van der Waals surface area contributed by atoms with E-state index < -0.39 is 5.82 Å². The Balaban J connectivity index is 0.00000192. The van der Waals surface area contributed by atoms with Crippen molar-refractivity contribution in [2.24, 2.45) is 17.6 Å². The third kappa shape index (κ3) is 4.44. The van der Waals surface area contributed by atoms with Crippen LogP contribution in [0.5, 0.6) is 0 Å². The van der Waals surface area contributed by atoms with Crippen LogP contribution in [0.2, 0.25) is 0 Å². The monoisotopic (exact) mass is 405 g/mol. The maximum absolute atomic E-state index is 13.7. The Bertz CT molecular complexity index is 574. The van der Waals surface area contributed by atoms with Crippen molar-refractivity contribution in [3.05, 3.63) is 28.5 Å². The molecule has 3 atom stereocenters. The zero-order chi connectivity index (χ0) is 15.7. The topological polar surface area (TPSA) is 58.4 Å². The summed E-state index contributed by atoms with van der Waals surface area (Å²) in [5.41, 5.74) is 6.41. The number of nitrogens with two attached hydrogens (primary N) is 1. The van der Waals surface area contributed by atoms with Gasteiger partial charge in [-0.1, -0.05) is 22.4 Å². The first-order valence-corrected chi connectivity index (χ1v) is 8.55. The molecule has 1 heterocycles. The van der Waals surface area contributed by atoms with Crippen LogP contribution in [0.1, 0.15) is 19.3 Å². The summed E-state index contributed by atoms with van der Waals surface area (Å²) in [6.07, 6.45) is 3.48. The highest BCUT2D eigenvalue weighted by atomic mass is 79.9. The van der Waals surface area contributed by atoms with E-state index in [2.05, 4.69) is 26.1 Å². The highest BCUT2D eigenvalue weighted by molar-refractivity contribution is 9.10. The summed E-state index contributed by atoms with van der Waals surface area (Å²) in [5.74, 6) is 0.514. The van der Waals surface area contributed by atoms with Crippen molar-refractivity contribution in [3.8, 4) is 0 Å². The quantitative estimate of drug-likeness (QED) is 0.811. The van der Waals surface area contributed by atoms with Crippen LogP contribution in [0, 0.1) is 17.7 Å². The molecule has 0 radical (unpaired) electrons. The molecular formula is C16H22BrClFN3O. The summed E-state index contributed by atoms with van der Waals surface area (Å²) >= 11 is 3.20. The molecular weight excluding hydrogens is 385 g/mol. The fourth-order valence-electron chi connectivity index (χ4n) is 3.72. The Hall–Kier alpha value is -0.690. The van der Waals surface area contributed by atoms with Crippen molar-refractivity contribution in [1.29, 1.82) is 0 Å². The van der Waals surface area contributed by atoms with Crippen LogP contribution in [-0.4, -0.2) is 36.5 Å². The number of rotatable bonds is 3. The third-order valence-electron chi connectivity index (χ3n) is 4.80. The smallest absolute Gasteiger partial charge is 0.238 e. The first kappa shape index (κ1) is 18.6. The molecule has 2 aliphatic rings. The van der Waals surface area contributed by atoms with Crippen LogP contribution in [0.3, 0.4) is 0 Å². The molecule has 1 aromatic rings. The Morgan fingerprint density at radius 1 is 1.39 bits per heavy atom. The number of amides is 1. The highest BCUT2D eigenvalue weighted by Crippen LogP contribution is 2.35. The highest BCUT2D eigenvalue weighted by Gasteiger charge is 2.38. The van der Waals surface area contributed by atoms with E-state index in [9.17, 15) is 9.18 Å². The van der Waals surface area contributed by atoms with Crippen LogP contribution in [0.15, 0.2) is 22.7 Å². The van der Waals surface area contributed by atoms with Crippen molar-refractivity contribution in [2.45, 2.75) is 25.3 Å². The summed E-state index contributed by atoms with van der Waals surface area (Å²) < 4.78 is 14.4. The number of hydrogen-bond donors (Lipinski definition) is 2. The van der Waals surface area contributed by atoms with Gasteiger partial charge in [0.2, 0.25) is 5.91 Å². The number of halogens is 3. The predicted octanol–water partition coefficient (Wildman–Crippen LogP) is 3.01. The molecule has 1 amide bonds. The third-order valence-corrected chi connectivity index (χ3v) is 5.30. The van der Waals surface area contributed by atoms with Crippen LogP contribution < -0.4 is 11.1 Å². The molecule has 0 spiro atoms. The number of benzene rings is 1. The van der Waals surface area contributed by atoms with Crippen molar-refractivity contribution >= 4 is 39.9 Å². The van der Waals surface area contributed by atoms with E-state index in [1.807, 2.05) is 0 Å². The molecule has 1 aliphatic heterocycles. The van der Waals surface area contributed by atoms with E-state index in [1.165, 1.54) is 18.9 Å². The van der Waals surface area contributed by atoms with Gasteiger partial charge in [-0.2, -0.15) is 0 Å². The molecule has 2 fully saturated rings. The van der Waals surface area contributed by atoms with Gasteiger partial charge in [-0.05, 0) is 42.9 Å². The van der Waals surface area contributed by atoms with Gasteiger partial charge in [0.25, 0.3) is 0 Å². The maximum Gasteiger partial charge on any atom is 0.238 e. The summed E-state index contributed by atoms with van der Waals surface area (Å²) in [4.78, 5) is 14.3. The summed E-state index contributed by atoms with van der Waals surface area (Å²) in [7, 11) is 0. The second kappa shape index (κ2) is 7.92. The average Bonchev–Trinajstić information content (AvgIpc) is 2.86. The van der Waals surface area contributed by atoms with E-state index in [-0.39, 0.29) is 30.0 Å². The predicted molar refractivity (Wildman–Crippen MR) is 95.2 cm³/mol. The van der Waals surface area contributed by atoms with Gasteiger partial charge >= 0.3 is 0 Å². The molecule has 128 valence electrons. The fraction of sp³-hybridized carbons (Fsp3) is 0.562. The molecule has 0 bridgehead atoms. The minimum atomic E-state index is -0.431. The van der Waals surface area contributed by atoms with Gasteiger partial charge in [0.1, 0.15) is 5.82 Å². The lowest BCUT2D eigenvalue weighted by Gasteiger charge is -2.29. The number of likely N-dealkylation sites (tertiary alicyclic amines) is 1. The van der Waals surface area contributed by atoms with E-state index in [1.54, 1.807) is 12.1 Å². The van der Waals surface area contributed by atoms with E-state index in [0.717, 1.165) is 19.5 Å². The van der Waals surface area contributed by atoms with Crippen LogP contribution in [0.25, 0.3) is 0 Å². The van der Waals surface area contributed by atoms with E-state index >= 15 is 0 Å². The van der Waals surface area contributed by atoms with Gasteiger partial charge < -0.3 is 11.1 Å². The van der Waals surface area contributed by atoms with Crippen molar-refractivity contribution in [2.75, 3.05) is 25.0 Å². The van der Waals surface area contributed by atoms with Gasteiger partial charge in [-0.3, -0.25) is 9.69 Å². The zero-order valence-corrected chi connectivity index (χ0v) is 15.2. The first-order valence-electron chi connectivity index (χ1n) is 7.76. The van der Waals surface area contributed by atoms with Crippen LogP contribution >= 0.6 is 28.3 Å². The molecule has 4 nitrogen and oxygen atoms in total. The Kier molecular flexibility index (Phi) is 6.42. The molecule has 23 heavy (non-hydrogen) atoms. The Labute approximate surface area is 150 Å². The molecule has 0 aromatic heterocycles. The molecule has 3 rings (SSSR count). The SMILES string of the molecule is Cl.NC1CCCC2CN(CC(=O)Nc3ccc(Br)cc3F)CC12. The summed E-state index contributed by atoms with van der Waals surface area (Å²) in [5, 5.41) is 2.65. The normalized spacial score (nSPS) is 27.2. The zero-order valence-electron chi connectivity index (χ0n) is 12.8. The Morgan fingerprint density at radius 3 is 2.87 bits per heavy atom. The summed E-state index contributed by atoms with van der Waals surface area (Å²) in [6, 6.07) is 4.88.